The number of aromatic nitrogens is 4. The van der Waals surface area contributed by atoms with E-state index in [9.17, 15) is 4.79 Å². The average molecular weight is 310 g/mol. The number of fused-ring (bicyclic) bond motifs is 1. The third kappa shape index (κ3) is 2.49. The number of H-pyrrole nitrogens is 2. The lowest BCUT2D eigenvalue weighted by Crippen LogP contribution is -2.49. The standard InChI is InChI=1S/C16H18N6O/c1-21-6-7-22(10-14(21)15-17-4-5-18-15)16(23)11-2-3-13-12(8-11)9-19-20-13/h2-5,8-9,14H,6-7,10H2,1H3,(H,17,18)(H,19,20). The van der Waals surface area contributed by atoms with E-state index in [2.05, 4.69) is 32.1 Å². The molecule has 1 aliphatic heterocycles. The Morgan fingerprint density at radius 3 is 3.09 bits per heavy atom. The van der Waals surface area contributed by atoms with Gasteiger partial charge in [-0.2, -0.15) is 5.10 Å². The Labute approximate surface area is 133 Å². The highest BCUT2D eigenvalue weighted by Gasteiger charge is 2.30. The zero-order valence-corrected chi connectivity index (χ0v) is 12.9. The van der Waals surface area contributed by atoms with Crippen molar-refractivity contribution in [3.8, 4) is 0 Å². The van der Waals surface area contributed by atoms with Crippen LogP contribution in [0.1, 0.15) is 22.2 Å². The molecule has 1 aliphatic rings. The number of hydrogen-bond acceptors (Lipinski definition) is 4. The van der Waals surface area contributed by atoms with Crippen LogP contribution in [0.15, 0.2) is 36.8 Å². The van der Waals surface area contributed by atoms with Crippen molar-refractivity contribution in [1.82, 2.24) is 30.0 Å². The Bertz CT molecular complexity index is 824. The highest BCUT2D eigenvalue weighted by Crippen LogP contribution is 2.23. The first-order valence-corrected chi connectivity index (χ1v) is 7.64. The van der Waals surface area contributed by atoms with Crippen LogP contribution in [0.2, 0.25) is 0 Å². The smallest absolute Gasteiger partial charge is 0.253 e. The summed E-state index contributed by atoms with van der Waals surface area (Å²) in [5, 5.41) is 7.86. The largest absolute Gasteiger partial charge is 0.347 e. The number of carbonyl (C=O) groups is 1. The summed E-state index contributed by atoms with van der Waals surface area (Å²) in [5.41, 5.74) is 1.63. The highest BCUT2D eigenvalue weighted by molar-refractivity contribution is 5.98. The predicted molar refractivity (Wildman–Crippen MR) is 86.0 cm³/mol. The van der Waals surface area contributed by atoms with Gasteiger partial charge < -0.3 is 9.88 Å². The number of carbonyl (C=O) groups excluding carboxylic acids is 1. The molecule has 2 aromatic heterocycles. The van der Waals surface area contributed by atoms with Crippen LogP contribution in [0.5, 0.6) is 0 Å². The van der Waals surface area contributed by atoms with E-state index in [0.717, 1.165) is 29.8 Å². The molecule has 0 spiro atoms. The maximum atomic E-state index is 12.8. The zero-order valence-electron chi connectivity index (χ0n) is 12.9. The first-order chi connectivity index (χ1) is 11.2. The molecule has 0 saturated carbocycles. The van der Waals surface area contributed by atoms with Gasteiger partial charge in [0.1, 0.15) is 5.82 Å². The molecule has 118 valence electrons. The summed E-state index contributed by atoms with van der Waals surface area (Å²) in [6.45, 7) is 2.17. The minimum atomic E-state index is 0.0535. The minimum absolute atomic E-state index is 0.0535. The number of amides is 1. The number of nitrogens with one attached hydrogen (secondary N) is 2. The van der Waals surface area contributed by atoms with Gasteiger partial charge in [0.15, 0.2) is 0 Å². The highest BCUT2D eigenvalue weighted by atomic mass is 16.2. The molecule has 1 saturated heterocycles. The zero-order chi connectivity index (χ0) is 15.8. The molecule has 1 unspecified atom stereocenters. The van der Waals surface area contributed by atoms with Gasteiger partial charge in [0.2, 0.25) is 0 Å². The van der Waals surface area contributed by atoms with E-state index in [4.69, 9.17) is 0 Å². The second kappa shape index (κ2) is 5.51. The van der Waals surface area contributed by atoms with Crippen LogP contribution in [0.25, 0.3) is 10.9 Å². The molecular formula is C16H18N6O. The molecule has 2 N–H and O–H groups in total. The van der Waals surface area contributed by atoms with Crippen LogP contribution in [0.4, 0.5) is 0 Å². The minimum Gasteiger partial charge on any atom is -0.347 e. The second-order valence-corrected chi connectivity index (χ2v) is 5.89. The topological polar surface area (TPSA) is 80.9 Å². The summed E-state index contributed by atoms with van der Waals surface area (Å²) >= 11 is 0. The first kappa shape index (κ1) is 14.0. The summed E-state index contributed by atoms with van der Waals surface area (Å²) in [7, 11) is 2.06. The van der Waals surface area contributed by atoms with Gasteiger partial charge in [0.25, 0.3) is 5.91 Å². The van der Waals surface area contributed by atoms with Gasteiger partial charge in [-0.25, -0.2) is 4.98 Å². The molecule has 23 heavy (non-hydrogen) atoms. The summed E-state index contributed by atoms with van der Waals surface area (Å²) < 4.78 is 0. The van der Waals surface area contributed by atoms with Gasteiger partial charge in [-0.05, 0) is 25.2 Å². The summed E-state index contributed by atoms with van der Waals surface area (Å²) in [4.78, 5) is 24.5. The van der Waals surface area contributed by atoms with Gasteiger partial charge in [-0.15, -0.1) is 0 Å². The van der Waals surface area contributed by atoms with Crippen molar-refractivity contribution in [3.05, 3.63) is 48.2 Å². The van der Waals surface area contributed by atoms with Crippen LogP contribution in [-0.2, 0) is 0 Å². The van der Waals surface area contributed by atoms with Crippen LogP contribution in [0.3, 0.4) is 0 Å². The molecule has 1 fully saturated rings. The van der Waals surface area contributed by atoms with Gasteiger partial charge >= 0.3 is 0 Å². The third-order valence-corrected chi connectivity index (χ3v) is 4.46. The van der Waals surface area contributed by atoms with Gasteiger partial charge in [0, 0.05) is 43.0 Å². The van der Waals surface area contributed by atoms with E-state index < -0.39 is 0 Å². The van der Waals surface area contributed by atoms with Gasteiger partial charge in [-0.1, -0.05) is 0 Å². The van der Waals surface area contributed by atoms with E-state index in [-0.39, 0.29) is 11.9 Å². The number of imidazole rings is 1. The van der Waals surface area contributed by atoms with Gasteiger partial charge in [0.05, 0.1) is 17.8 Å². The Morgan fingerprint density at radius 1 is 1.35 bits per heavy atom. The number of aromatic amines is 2. The van der Waals surface area contributed by atoms with Crippen LogP contribution >= 0.6 is 0 Å². The molecule has 0 aliphatic carbocycles. The number of likely N-dealkylation sites (N-methyl/N-ethyl adjacent to an activating group) is 1. The Kier molecular flexibility index (Phi) is 3.34. The lowest BCUT2D eigenvalue weighted by atomic mass is 10.1. The average Bonchev–Trinajstić information content (AvgIpc) is 3.25. The third-order valence-electron chi connectivity index (χ3n) is 4.46. The predicted octanol–water partition coefficient (Wildman–Crippen LogP) is 1.41. The quantitative estimate of drug-likeness (QED) is 0.750. The lowest BCUT2D eigenvalue weighted by molar-refractivity contribution is 0.0534. The Hall–Kier alpha value is -2.67. The fourth-order valence-corrected chi connectivity index (χ4v) is 3.07. The van der Waals surface area contributed by atoms with Crippen LogP contribution < -0.4 is 0 Å². The van der Waals surface area contributed by atoms with Gasteiger partial charge in [-0.3, -0.25) is 14.8 Å². The van der Waals surface area contributed by atoms with E-state index >= 15 is 0 Å². The van der Waals surface area contributed by atoms with Crippen molar-refractivity contribution in [3.63, 3.8) is 0 Å². The number of hydrogen-bond donors (Lipinski definition) is 2. The summed E-state index contributed by atoms with van der Waals surface area (Å²) in [5.74, 6) is 0.952. The summed E-state index contributed by atoms with van der Waals surface area (Å²) in [6, 6.07) is 5.74. The molecule has 7 heteroatoms. The number of nitrogens with zero attached hydrogens (tertiary/aromatic N) is 4. The summed E-state index contributed by atoms with van der Waals surface area (Å²) in [6.07, 6.45) is 5.30. The normalized spacial score (nSPS) is 19.3. The molecule has 7 nitrogen and oxygen atoms in total. The molecule has 1 amide bonds. The molecule has 0 bridgehead atoms. The molecule has 1 aromatic carbocycles. The number of piperazine rings is 1. The molecule has 0 radical (unpaired) electrons. The fourth-order valence-electron chi connectivity index (χ4n) is 3.07. The Morgan fingerprint density at radius 2 is 2.26 bits per heavy atom. The maximum Gasteiger partial charge on any atom is 0.253 e. The maximum absolute atomic E-state index is 12.8. The van der Waals surface area contributed by atoms with E-state index in [1.807, 2.05) is 29.3 Å². The van der Waals surface area contributed by atoms with Crippen molar-refractivity contribution >= 4 is 16.8 Å². The lowest BCUT2D eigenvalue weighted by Gasteiger charge is -2.38. The van der Waals surface area contributed by atoms with E-state index in [0.29, 0.717) is 12.1 Å². The second-order valence-electron chi connectivity index (χ2n) is 5.89. The monoisotopic (exact) mass is 310 g/mol. The van der Waals surface area contributed by atoms with E-state index in [1.165, 1.54) is 0 Å². The van der Waals surface area contributed by atoms with Crippen molar-refractivity contribution < 1.29 is 4.79 Å². The van der Waals surface area contributed by atoms with E-state index in [1.54, 1.807) is 12.4 Å². The fraction of sp³-hybridized carbons (Fsp3) is 0.312. The first-order valence-electron chi connectivity index (χ1n) is 7.64. The van der Waals surface area contributed by atoms with Crippen molar-refractivity contribution in [2.45, 2.75) is 6.04 Å². The Balaban J connectivity index is 1.58. The molecule has 3 heterocycles. The van der Waals surface area contributed by atoms with Crippen molar-refractivity contribution in [1.29, 1.82) is 0 Å². The molecule has 3 aromatic rings. The molecule has 1 atom stereocenters. The SMILES string of the molecule is CN1CCN(C(=O)c2ccc3[nH]ncc3c2)CC1c1ncc[nH]1. The number of benzene rings is 1. The van der Waals surface area contributed by atoms with Crippen molar-refractivity contribution in [2.75, 3.05) is 26.7 Å². The molecule has 4 rings (SSSR count). The van der Waals surface area contributed by atoms with Crippen LogP contribution in [-0.4, -0.2) is 62.6 Å². The van der Waals surface area contributed by atoms with Crippen molar-refractivity contribution in [2.24, 2.45) is 0 Å². The number of rotatable bonds is 2. The molecular weight excluding hydrogens is 292 g/mol. The van der Waals surface area contributed by atoms with Crippen LogP contribution in [0, 0.1) is 0 Å².